The number of halogens is 1. The maximum absolute atomic E-state index is 13.6. The predicted molar refractivity (Wildman–Crippen MR) is 125 cm³/mol. The molecule has 1 atom stereocenters. The molecule has 0 spiro atoms. The summed E-state index contributed by atoms with van der Waals surface area (Å²) in [5, 5.41) is 11.2. The number of amides is 1. The van der Waals surface area contributed by atoms with Crippen molar-refractivity contribution < 1.29 is 23.8 Å². The van der Waals surface area contributed by atoms with Crippen LogP contribution in [0, 0.1) is 18.7 Å². The Hall–Kier alpha value is -3.19. The quantitative estimate of drug-likeness (QED) is 0.369. The monoisotopic (exact) mass is 454 g/mol. The Morgan fingerprint density at radius 3 is 2.39 bits per heavy atom. The van der Waals surface area contributed by atoms with Crippen LogP contribution in [0.5, 0.6) is 5.75 Å². The summed E-state index contributed by atoms with van der Waals surface area (Å²) in [6, 6.07) is 10.0. The zero-order chi connectivity index (χ0) is 24.3. The fraction of sp³-hybridized carbons (Fsp3) is 0.385. The molecule has 1 saturated heterocycles. The molecule has 176 valence electrons. The molecule has 1 aliphatic rings. The molecule has 6 nitrogen and oxygen atoms in total. The largest absolute Gasteiger partial charge is 0.507 e. The summed E-state index contributed by atoms with van der Waals surface area (Å²) in [6.45, 7) is 7.36. The first kappa shape index (κ1) is 24.5. The minimum atomic E-state index is -0.803. The molecule has 1 aliphatic heterocycles. The van der Waals surface area contributed by atoms with E-state index in [0.717, 1.165) is 5.56 Å². The highest BCUT2D eigenvalue weighted by Crippen LogP contribution is 2.39. The molecule has 3 rings (SSSR count). The molecule has 0 aromatic heterocycles. The number of benzene rings is 2. The Kier molecular flexibility index (Phi) is 7.53. The van der Waals surface area contributed by atoms with Gasteiger partial charge in [0.15, 0.2) is 0 Å². The van der Waals surface area contributed by atoms with Crippen LogP contribution in [0.1, 0.15) is 36.6 Å². The van der Waals surface area contributed by atoms with Gasteiger partial charge in [0.05, 0.1) is 18.2 Å². The smallest absolute Gasteiger partial charge is 0.295 e. The van der Waals surface area contributed by atoms with Gasteiger partial charge in [-0.15, -0.1) is 0 Å². The van der Waals surface area contributed by atoms with E-state index in [1.807, 2.05) is 25.9 Å². The molecule has 2 aromatic rings. The van der Waals surface area contributed by atoms with Crippen LogP contribution in [-0.2, 0) is 9.59 Å². The second kappa shape index (κ2) is 10.2. The summed E-state index contributed by atoms with van der Waals surface area (Å²) in [4.78, 5) is 29.3. The Balaban J connectivity index is 2.06. The molecule has 2 aromatic carbocycles. The Morgan fingerprint density at radius 2 is 1.82 bits per heavy atom. The molecule has 1 heterocycles. The van der Waals surface area contributed by atoms with Gasteiger partial charge in [-0.2, -0.15) is 0 Å². The van der Waals surface area contributed by atoms with E-state index in [0.29, 0.717) is 35.9 Å². The second-order valence-electron chi connectivity index (χ2n) is 9.03. The third-order valence-electron chi connectivity index (χ3n) is 5.53. The first-order valence-electron chi connectivity index (χ1n) is 11.0. The number of rotatable bonds is 8. The second-order valence-corrected chi connectivity index (χ2v) is 9.03. The third kappa shape index (κ3) is 5.42. The first-order chi connectivity index (χ1) is 15.6. The summed E-state index contributed by atoms with van der Waals surface area (Å²) in [6.07, 6.45) is 0. The third-order valence-corrected chi connectivity index (χ3v) is 5.53. The maximum atomic E-state index is 13.6. The molecule has 1 N–H and O–H groups in total. The SMILES string of the molecule is Cc1cc(C(O)=C2C(=O)C(=O)N(CCN(C)C)C2c2ccc(F)cc2)ccc1OCC(C)C. The summed E-state index contributed by atoms with van der Waals surface area (Å²) in [5.74, 6) is -1.04. The molecular formula is C26H31FN2O4. The fourth-order valence-corrected chi connectivity index (χ4v) is 3.78. The molecular weight excluding hydrogens is 423 g/mol. The van der Waals surface area contributed by atoms with Gasteiger partial charge in [0, 0.05) is 18.7 Å². The summed E-state index contributed by atoms with van der Waals surface area (Å²) >= 11 is 0. The summed E-state index contributed by atoms with van der Waals surface area (Å²) in [7, 11) is 3.74. The van der Waals surface area contributed by atoms with E-state index in [9.17, 15) is 19.1 Å². The number of carbonyl (C=O) groups is 2. The van der Waals surface area contributed by atoms with E-state index in [2.05, 4.69) is 13.8 Å². The van der Waals surface area contributed by atoms with Crippen molar-refractivity contribution in [3.63, 3.8) is 0 Å². The van der Waals surface area contributed by atoms with Crippen LogP contribution < -0.4 is 4.74 Å². The highest BCUT2D eigenvalue weighted by atomic mass is 19.1. The average Bonchev–Trinajstić information content (AvgIpc) is 3.01. The fourth-order valence-electron chi connectivity index (χ4n) is 3.78. The number of likely N-dealkylation sites (tertiary alicyclic amines) is 1. The van der Waals surface area contributed by atoms with Crippen LogP contribution in [-0.4, -0.2) is 60.4 Å². The van der Waals surface area contributed by atoms with Gasteiger partial charge in [-0.1, -0.05) is 26.0 Å². The lowest BCUT2D eigenvalue weighted by Gasteiger charge is -2.26. The Bertz CT molecular complexity index is 1060. The van der Waals surface area contributed by atoms with E-state index >= 15 is 0 Å². The van der Waals surface area contributed by atoms with E-state index < -0.39 is 23.5 Å². The number of ether oxygens (including phenoxy) is 1. The maximum Gasteiger partial charge on any atom is 0.295 e. The van der Waals surface area contributed by atoms with Gasteiger partial charge in [0.2, 0.25) is 0 Å². The number of hydrogen-bond donors (Lipinski definition) is 1. The average molecular weight is 455 g/mol. The molecule has 1 fully saturated rings. The standard InChI is InChI=1S/C26H31FN2O4/c1-16(2)15-33-21-11-8-19(14-17(21)3)24(30)22-23(18-6-9-20(27)10-7-18)29(13-12-28(4)5)26(32)25(22)31/h6-11,14,16,23,30H,12-13,15H2,1-5H3. The molecule has 0 aliphatic carbocycles. The number of aliphatic hydroxyl groups is 1. The van der Waals surface area contributed by atoms with Gasteiger partial charge >= 0.3 is 0 Å². The number of aliphatic hydroxyl groups excluding tert-OH is 1. The van der Waals surface area contributed by atoms with Crippen LogP contribution in [0.3, 0.4) is 0 Å². The summed E-state index contributed by atoms with van der Waals surface area (Å²) < 4.78 is 19.4. The van der Waals surface area contributed by atoms with Gasteiger partial charge in [-0.05, 0) is 68.4 Å². The molecule has 7 heteroatoms. The van der Waals surface area contributed by atoms with Gasteiger partial charge in [-0.3, -0.25) is 9.59 Å². The van der Waals surface area contributed by atoms with Crippen LogP contribution in [0.25, 0.3) is 5.76 Å². The van der Waals surface area contributed by atoms with E-state index in [4.69, 9.17) is 4.74 Å². The van der Waals surface area contributed by atoms with Crippen LogP contribution in [0.4, 0.5) is 4.39 Å². The molecule has 1 amide bonds. The van der Waals surface area contributed by atoms with Crippen LogP contribution >= 0.6 is 0 Å². The van der Waals surface area contributed by atoms with Crippen molar-refractivity contribution >= 4 is 17.4 Å². The number of nitrogens with zero attached hydrogens (tertiary/aromatic N) is 2. The number of aryl methyl sites for hydroxylation is 1. The highest BCUT2D eigenvalue weighted by molar-refractivity contribution is 6.46. The van der Waals surface area contributed by atoms with Crippen LogP contribution in [0.15, 0.2) is 48.0 Å². The normalized spacial score (nSPS) is 17.9. The molecule has 0 radical (unpaired) electrons. The minimum absolute atomic E-state index is 0.000568. The molecule has 33 heavy (non-hydrogen) atoms. The lowest BCUT2D eigenvalue weighted by Crippen LogP contribution is -2.35. The zero-order valence-corrected chi connectivity index (χ0v) is 19.8. The van der Waals surface area contributed by atoms with Gasteiger partial charge in [-0.25, -0.2) is 4.39 Å². The van der Waals surface area contributed by atoms with Crippen LogP contribution in [0.2, 0.25) is 0 Å². The number of Topliss-reactive ketones (excluding diaryl/α,β-unsaturated/α-hetero) is 1. The van der Waals surface area contributed by atoms with Crippen molar-refractivity contribution in [3.05, 3.63) is 70.5 Å². The van der Waals surface area contributed by atoms with E-state index in [1.54, 1.807) is 18.2 Å². The molecule has 1 unspecified atom stereocenters. The van der Waals surface area contributed by atoms with Crippen molar-refractivity contribution in [2.75, 3.05) is 33.8 Å². The lowest BCUT2D eigenvalue weighted by atomic mass is 9.94. The topological polar surface area (TPSA) is 70.1 Å². The lowest BCUT2D eigenvalue weighted by molar-refractivity contribution is -0.140. The van der Waals surface area contributed by atoms with Gasteiger partial charge in [0.1, 0.15) is 17.3 Å². The molecule has 0 saturated carbocycles. The minimum Gasteiger partial charge on any atom is -0.507 e. The Labute approximate surface area is 194 Å². The number of carbonyl (C=O) groups excluding carboxylic acids is 2. The van der Waals surface area contributed by atoms with Crippen molar-refractivity contribution in [2.45, 2.75) is 26.8 Å². The molecule has 0 bridgehead atoms. The van der Waals surface area contributed by atoms with E-state index in [-0.39, 0.29) is 17.9 Å². The van der Waals surface area contributed by atoms with Crippen molar-refractivity contribution in [2.24, 2.45) is 5.92 Å². The van der Waals surface area contributed by atoms with Gasteiger partial charge in [0.25, 0.3) is 11.7 Å². The number of ketones is 1. The van der Waals surface area contributed by atoms with Crippen molar-refractivity contribution in [3.8, 4) is 5.75 Å². The van der Waals surface area contributed by atoms with Crippen molar-refractivity contribution in [1.29, 1.82) is 0 Å². The van der Waals surface area contributed by atoms with Crippen molar-refractivity contribution in [1.82, 2.24) is 9.80 Å². The highest BCUT2D eigenvalue weighted by Gasteiger charge is 2.45. The van der Waals surface area contributed by atoms with E-state index in [1.165, 1.54) is 29.2 Å². The Morgan fingerprint density at radius 1 is 1.15 bits per heavy atom. The zero-order valence-electron chi connectivity index (χ0n) is 19.8. The number of hydrogen-bond acceptors (Lipinski definition) is 5. The number of likely N-dealkylation sites (N-methyl/N-ethyl adjacent to an activating group) is 1. The predicted octanol–water partition coefficient (Wildman–Crippen LogP) is 4.15. The summed E-state index contributed by atoms with van der Waals surface area (Å²) in [5.41, 5.74) is 1.78. The first-order valence-corrected chi connectivity index (χ1v) is 11.0. The van der Waals surface area contributed by atoms with Gasteiger partial charge < -0.3 is 19.6 Å².